The second-order valence-electron chi connectivity index (χ2n) is 8.40. The number of fused-ring (bicyclic) bond motifs is 1. The lowest BCUT2D eigenvalue weighted by Crippen LogP contribution is -2.11. The van der Waals surface area contributed by atoms with Crippen LogP contribution in [0.4, 0.5) is 5.69 Å². The molecule has 0 bridgehead atoms. The van der Waals surface area contributed by atoms with Gasteiger partial charge < -0.3 is 14.8 Å². The second kappa shape index (κ2) is 10.3. The van der Waals surface area contributed by atoms with E-state index in [2.05, 4.69) is 5.32 Å². The molecule has 1 N–H and O–H groups in total. The van der Waals surface area contributed by atoms with Crippen molar-refractivity contribution in [1.29, 1.82) is 0 Å². The van der Waals surface area contributed by atoms with Crippen LogP contribution in [0, 0.1) is 6.92 Å². The number of rotatable bonds is 9. The Labute approximate surface area is 200 Å². The van der Waals surface area contributed by atoms with Gasteiger partial charge in [0.1, 0.15) is 0 Å². The summed E-state index contributed by atoms with van der Waals surface area (Å²) in [6.07, 6.45) is 3.01. The van der Waals surface area contributed by atoms with Crippen LogP contribution in [0.25, 0.3) is 11.1 Å². The highest BCUT2D eigenvalue weighted by molar-refractivity contribution is 7.91. The normalized spacial score (nSPS) is 12.5. The molecule has 1 amide bonds. The number of amides is 1. The minimum atomic E-state index is -3.23. The quantitative estimate of drug-likeness (QED) is 0.408. The smallest absolute Gasteiger partial charge is 0.231 e. The molecule has 3 aromatic rings. The van der Waals surface area contributed by atoms with Crippen LogP contribution < -0.4 is 14.8 Å². The fourth-order valence-electron chi connectivity index (χ4n) is 3.95. The first kappa shape index (κ1) is 23.8. The molecule has 4 rings (SSSR count). The molecule has 3 aromatic carbocycles. The summed E-state index contributed by atoms with van der Waals surface area (Å²) in [6, 6.07) is 18.6. The van der Waals surface area contributed by atoms with Crippen molar-refractivity contribution in [3.8, 4) is 22.6 Å². The summed E-state index contributed by atoms with van der Waals surface area (Å²) >= 11 is 0. The molecular weight excluding hydrogens is 450 g/mol. The molecule has 0 aliphatic carbocycles. The number of anilines is 1. The van der Waals surface area contributed by atoms with E-state index in [9.17, 15) is 13.2 Å². The van der Waals surface area contributed by atoms with E-state index < -0.39 is 9.84 Å². The zero-order chi connectivity index (χ0) is 24.1. The van der Waals surface area contributed by atoms with Crippen LogP contribution in [0.3, 0.4) is 0 Å². The van der Waals surface area contributed by atoms with Crippen molar-refractivity contribution in [2.75, 3.05) is 17.9 Å². The third kappa shape index (κ3) is 5.59. The van der Waals surface area contributed by atoms with Crippen molar-refractivity contribution in [1.82, 2.24) is 0 Å². The summed E-state index contributed by atoms with van der Waals surface area (Å²) in [4.78, 5) is 12.8. The van der Waals surface area contributed by atoms with Crippen molar-refractivity contribution < 1.29 is 22.7 Å². The summed E-state index contributed by atoms with van der Waals surface area (Å²) < 4.78 is 34.9. The topological polar surface area (TPSA) is 81.7 Å². The second-order valence-corrected chi connectivity index (χ2v) is 10.7. The predicted molar refractivity (Wildman–Crippen MR) is 133 cm³/mol. The van der Waals surface area contributed by atoms with Crippen LogP contribution in [0.5, 0.6) is 11.5 Å². The van der Waals surface area contributed by atoms with Crippen LogP contribution in [-0.4, -0.2) is 26.9 Å². The molecule has 7 heteroatoms. The Kier molecular flexibility index (Phi) is 7.22. The molecule has 0 spiro atoms. The molecule has 1 aliphatic rings. The standard InChI is InChI=1S/C27H29NO5S/c1-3-34(30,31)23-13-10-21(11-14-23)24-17-22(12-8-19(24)2)28-27(29)7-5-4-6-20-9-15-25-26(16-20)33-18-32-25/h8-17H,3-7,18H2,1-2H3,(H,28,29). The average Bonchev–Trinajstić information content (AvgIpc) is 3.31. The summed E-state index contributed by atoms with van der Waals surface area (Å²) in [5, 5.41) is 2.99. The molecule has 0 radical (unpaired) electrons. The van der Waals surface area contributed by atoms with Crippen LogP contribution >= 0.6 is 0 Å². The monoisotopic (exact) mass is 479 g/mol. The van der Waals surface area contributed by atoms with Gasteiger partial charge >= 0.3 is 0 Å². The molecule has 6 nitrogen and oxygen atoms in total. The van der Waals surface area contributed by atoms with Crippen molar-refractivity contribution in [3.63, 3.8) is 0 Å². The lowest BCUT2D eigenvalue weighted by atomic mass is 10.00. The lowest BCUT2D eigenvalue weighted by Gasteiger charge is -2.11. The van der Waals surface area contributed by atoms with Gasteiger partial charge in [-0.15, -0.1) is 0 Å². The van der Waals surface area contributed by atoms with Gasteiger partial charge in [0, 0.05) is 12.1 Å². The lowest BCUT2D eigenvalue weighted by molar-refractivity contribution is -0.116. The Bertz CT molecular complexity index is 1280. The van der Waals surface area contributed by atoms with E-state index in [0.717, 1.165) is 53.1 Å². The van der Waals surface area contributed by atoms with Crippen LogP contribution in [0.15, 0.2) is 65.6 Å². The first-order chi connectivity index (χ1) is 16.4. The zero-order valence-electron chi connectivity index (χ0n) is 19.5. The first-order valence-corrected chi connectivity index (χ1v) is 13.1. The summed E-state index contributed by atoms with van der Waals surface area (Å²) in [7, 11) is -3.23. The van der Waals surface area contributed by atoms with Crippen molar-refractivity contribution in [2.45, 2.75) is 44.4 Å². The molecule has 178 valence electrons. The predicted octanol–water partition coefficient (Wildman–Crippen LogP) is 5.54. The van der Waals surface area contributed by atoms with E-state index in [1.165, 1.54) is 5.56 Å². The zero-order valence-corrected chi connectivity index (χ0v) is 20.3. The van der Waals surface area contributed by atoms with Gasteiger partial charge in [-0.2, -0.15) is 0 Å². The Hall–Kier alpha value is -3.32. The Morgan fingerprint density at radius 3 is 2.47 bits per heavy atom. The average molecular weight is 480 g/mol. The Morgan fingerprint density at radius 2 is 1.71 bits per heavy atom. The molecule has 0 saturated carbocycles. The molecular formula is C27H29NO5S. The molecule has 34 heavy (non-hydrogen) atoms. The third-order valence-corrected chi connectivity index (χ3v) is 7.73. The molecule has 0 aromatic heterocycles. The number of sulfone groups is 1. The van der Waals surface area contributed by atoms with Gasteiger partial charge in [-0.1, -0.05) is 31.2 Å². The van der Waals surface area contributed by atoms with Crippen molar-refractivity contribution in [2.24, 2.45) is 0 Å². The number of hydrogen-bond donors (Lipinski definition) is 1. The number of carbonyl (C=O) groups excluding carboxylic acids is 1. The number of benzene rings is 3. The molecule has 0 unspecified atom stereocenters. The number of carbonyl (C=O) groups is 1. The summed E-state index contributed by atoms with van der Waals surface area (Å²) in [6.45, 7) is 3.90. The highest BCUT2D eigenvalue weighted by Crippen LogP contribution is 2.33. The van der Waals surface area contributed by atoms with Crippen molar-refractivity contribution >= 4 is 21.4 Å². The van der Waals surface area contributed by atoms with E-state index >= 15 is 0 Å². The van der Waals surface area contributed by atoms with Gasteiger partial charge in [0.25, 0.3) is 0 Å². The minimum Gasteiger partial charge on any atom is -0.454 e. The SMILES string of the molecule is CCS(=O)(=O)c1ccc(-c2cc(NC(=O)CCCCc3ccc4c(c3)OCO4)ccc2C)cc1. The largest absolute Gasteiger partial charge is 0.454 e. The maximum Gasteiger partial charge on any atom is 0.231 e. The molecule has 0 atom stereocenters. The van der Waals surface area contributed by atoms with Gasteiger partial charge in [0.2, 0.25) is 12.7 Å². The summed E-state index contributed by atoms with van der Waals surface area (Å²) in [5.41, 5.74) is 4.82. The highest BCUT2D eigenvalue weighted by Gasteiger charge is 2.14. The molecule has 1 aliphatic heterocycles. The Balaban J connectivity index is 1.32. The van der Waals surface area contributed by atoms with Gasteiger partial charge in [0.15, 0.2) is 21.3 Å². The Morgan fingerprint density at radius 1 is 0.941 bits per heavy atom. The number of ether oxygens (including phenoxy) is 2. The fraction of sp³-hybridized carbons (Fsp3) is 0.296. The van der Waals surface area contributed by atoms with E-state index in [-0.39, 0.29) is 18.5 Å². The first-order valence-electron chi connectivity index (χ1n) is 11.5. The van der Waals surface area contributed by atoms with Gasteiger partial charge in [-0.3, -0.25) is 4.79 Å². The highest BCUT2D eigenvalue weighted by atomic mass is 32.2. The number of aryl methyl sites for hydroxylation is 2. The van der Waals surface area contributed by atoms with E-state index in [1.54, 1.807) is 19.1 Å². The van der Waals surface area contributed by atoms with Gasteiger partial charge in [-0.05, 0) is 84.8 Å². The minimum absolute atomic E-state index is 0.0233. The van der Waals surface area contributed by atoms with Crippen LogP contribution in [0.2, 0.25) is 0 Å². The van der Waals surface area contributed by atoms with Crippen molar-refractivity contribution in [3.05, 3.63) is 71.8 Å². The van der Waals surface area contributed by atoms with E-state index in [0.29, 0.717) is 11.3 Å². The third-order valence-electron chi connectivity index (χ3n) is 5.98. The van der Waals surface area contributed by atoms with E-state index in [4.69, 9.17) is 9.47 Å². The van der Waals surface area contributed by atoms with Gasteiger partial charge in [0.05, 0.1) is 10.6 Å². The molecule has 0 fully saturated rings. The number of hydrogen-bond acceptors (Lipinski definition) is 5. The maximum atomic E-state index is 12.5. The van der Waals surface area contributed by atoms with Crippen LogP contribution in [0.1, 0.15) is 37.3 Å². The van der Waals surface area contributed by atoms with Crippen LogP contribution in [-0.2, 0) is 21.1 Å². The fourth-order valence-corrected chi connectivity index (χ4v) is 4.84. The number of nitrogens with one attached hydrogen (secondary N) is 1. The summed E-state index contributed by atoms with van der Waals surface area (Å²) in [5.74, 6) is 1.61. The van der Waals surface area contributed by atoms with Gasteiger partial charge in [-0.25, -0.2) is 8.42 Å². The van der Waals surface area contributed by atoms with E-state index in [1.807, 2.05) is 55.5 Å². The molecule has 1 heterocycles. The maximum absolute atomic E-state index is 12.5. The number of unbranched alkanes of at least 4 members (excludes halogenated alkanes) is 1. The molecule has 0 saturated heterocycles.